The smallest absolute Gasteiger partial charge is 0.259 e. The van der Waals surface area contributed by atoms with E-state index in [2.05, 4.69) is 10.6 Å². The molecular formula is C32H31N5O6S. The summed E-state index contributed by atoms with van der Waals surface area (Å²) in [6.45, 7) is 2.42. The predicted molar refractivity (Wildman–Crippen MR) is 168 cm³/mol. The van der Waals surface area contributed by atoms with E-state index in [9.17, 15) is 14.4 Å². The van der Waals surface area contributed by atoms with Crippen molar-refractivity contribution in [1.82, 2.24) is 10.2 Å². The first-order valence-corrected chi connectivity index (χ1v) is 15.2. The molecule has 0 saturated carbocycles. The fourth-order valence-corrected chi connectivity index (χ4v) is 6.04. The second-order valence-corrected chi connectivity index (χ2v) is 11.5. The van der Waals surface area contributed by atoms with Gasteiger partial charge in [0.05, 0.1) is 18.0 Å². The highest BCUT2D eigenvalue weighted by Gasteiger charge is 2.42. The zero-order chi connectivity index (χ0) is 30.6. The summed E-state index contributed by atoms with van der Waals surface area (Å²) in [5.41, 5.74) is 2.92. The van der Waals surface area contributed by atoms with Crippen molar-refractivity contribution in [3.8, 4) is 17.2 Å². The maximum absolute atomic E-state index is 13.7. The normalized spacial score (nSPS) is 16.8. The van der Waals surface area contributed by atoms with E-state index in [0.29, 0.717) is 46.8 Å². The number of hydrogen-bond donors (Lipinski definition) is 2. The fourth-order valence-electron chi connectivity index (χ4n) is 5.02. The van der Waals surface area contributed by atoms with Crippen LogP contribution in [0.2, 0.25) is 0 Å². The van der Waals surface area contributed by atoms with Crippen molar-refractivity contribution in [2.75, 3.05) is 19.2 Å². The lowest BCUT2D eigenvalue weighted by atomic mass is 10.1. The number of nitrogens with zero attached hydrogens (tertiary/aromatic N) is 3. The lowest BCUT2D eigenvalue weighted by Crippen LogP contribution is -2.42. The summed E-state index contributed by atoms with van der Waals surface area (Å²) >= 11 is 1.22. The summed E-state index contributed by atoms with van der Waals surface area (Å²) in [5, 5.41) is 5.68. The van der Waals surface area contributed by atoms with E-state index in [0.717, 1.165) is 16.9 Å². The van der Waals surface area contributed by atoms with Gasteiger partial charge >= 0.3 is 0 Å². The molecule has 0 aliphatic carbocycles. The first kappa shape index (κ1) is 29.2. The quantitative estimate of drug-likeness (QED) is 0.341. The molecule has 3 aromatic carbocycles. The van der Waals surface area contributed by atoms with E-state index < -0.39 is 11.3 Å². The average Bonchev–Trinajstić information content (AvgIpc) is 3.65. The lowest BCUT2D eigenvalue weighted by Gasteiger charge is -2.27. The van der Waals surface area contributed by atoms with Crippen LogP contribution in [0.5, 0.6) is 17.2 Å². The van der Waals surface area contributed by atoms with Gasteiger partial charge in [0.15, 0.2) is 16.7 Å². The highest BCUT2D eigenvalue weighted by molar-refractivity contribution is 8.15. The fraction of sp³-hybridized carbons (Fsp3) is 0.281. The summed E-state index contributed by atoms with van der Waals surface area (Å²) in [7, 11) is 1.60. The van der Waals surface area contributed by atoms with Crippen molar-refractivity contribution < 1.29 is 28.6 Å². The van der Waals surface area contributed by atoms with Gasteiger partial charge in [0.1, 0.15) is 17.6 Å². The molecule has 2 N–H and O–H groups in total. The summed E-state index contributed by atoms with van der Waals surface area (Å²) in [6.07, 6.45) is 0.872. The Hall–Kier alpha value is -4.84. The Morgan fingerprint density at radius 3 is 2.68 bits per heavy atom. The van der Waals surface area contributed by atoms with E-state index >= 15 is 0 Å². The van der Waals surface area contributed by atoms with Crippen LogP contribution in [0.1, 0.15) is 37.3 Å². The van der Waals surface area contributed by atoms with Crippen LogP contribution in [-0.4, -0.2) is 58.8 Å². The molecule has 3 aliphatic rings. The SMILES string of the molecule is CC[C@@H](SC1=Nc2ccccc2C2=N[C@H](CCC(=O)NCc3ccc(OC)cc3)C(=O)N12)C(=O)Nc1ccc2c(c1)OCO2. The van der Waals surface area contributed by atoms with Crippen LogP contribution in [0.3, 0.4) is 0 Å². The van der Waals surface area contributed by atoms with Crippen LogP contribution in [-0.2, 0) is 20.9 Å². The number of anilines is 1. The summed E-state index contributed by atoms with van der Waals surface area (Å²) in [4.78, 5) is 50.7. The van der Waals surface area contributed by atoms with Crippen molar-refractivity contribution in [1.29, 1.82) is 0 Å². The minimum absolute atomic E-state index is 0.133. The Morgan fingerprint density at radius 2 is 1.89 bits per heavy atom. The molecule has 0 aromatic heterocycles. The zero-order valence-corrected chi connectivity index (χ0v) is 25.1. The van der Waals surface area contributed by atoms with Crippen LogP contribution in [0.15, 0.2) is 76.7 Å². The molecule has 3 aliphatic heterocycles. The number of rotatable bonds is 10. The van der Waals surface area contributed by atoms with Crippen LogP contribution in [0.4, 0.5) is 11.4 Å². The Morgan fingerprint density at radius 1 is 1.09 bits per heavy atom. The molecule has 0 spiro atoms. The summed E-state index contributed by atoms with van der Waals surface area (Å²) in [5.74, 6) is 1.76. The number of amidine groups is 2. The van der Waals surface area contributed by atoms with Crippen molar-refractivity contribution in [2.24, 2.45) is 9.98 Å². The molecule has 0 saturated heterocycles. The molecule has 3 aromatic rings. The Kier molecular flexibility index (Phi) is 8.51. The molecule has 0 radical (unpaired) electrons. The van der Waals surface area contributed by atoms with Gasteiger partial charge in [-0.3, -0.25) is 19.4 Å². The third kappa shape index (κ3) is 6.11. The monoisotopic (exact) mass is 613 g/mol. The van der Waals surface area contributed by atoms with Gasteiger partial charge in [-0.25, -0.2) is 9.89 Å². The van der Waals surface area contributed by atoms with Gasteiger partial charge in [0, 0.05) is 30.3 Å². The van der Waals surface area contributed by atoms with Crippen molar-refractivity contribution in [2.45, 2.75) is 44.0 Å². The molecule has 44 heavy (non-hydrogen) atoms. The number of hydrogen-bond acceptors (Lipinski definition) is 9. The summed E-state index contributed by atoms with van der Waals surface area (Å²) < 4.78 is 15.9. The Labute approximate surface area is 258 Å². The number of methoxy groups -OCH3 is 1. The molecule has 0 unspecified atom stereocenters. The Balaban J connectivity index is 1.13. The molecule has 6 rings (SSSR count). The highest BCUT2D eigenvalue weighted by atomic mass is 32.2. The number of amides is 3. The van der Waals surface area contributed by atoms with Crippen molar-refractivity contribution >= 4 is 51.9 Å². The van der Waals surface area contributed by atoms with Gasteiger partial charge < -0.3 is 24.8 Å². The molecule has 11 nitrogen and oxygen atoms in total. The minimum Gasteiger partial charge on any atom is -0.497 e. The molecule has 2 atom stereocenters. The number of nitrogens with one attached hydrogen (secondary N) is 2. The third-order valence-corrected chi connectivity index (χ3v) is 8.71. The van der Waals surface area contributed by atoms with Gasteiger partial charge in [-0.2, -0.15) is 0 Å². The van der Waals surface area contributed by atoms with E-state index in [1.807, 2.05) is 55.5 Å². The third-order valence-electron chi connectivity index (χ3n) is 7.39. The van der Waals surface area contributed by atoms with E-state index in [1.165, 1.54) is 16.7 Å². The second kappa shape index (κ2) is 12.8. The van der Waals surface area contributed by atoms with Gasteiger partial charge in [-0.1, -0.05) is 43.0 Å². The van der Waals surface area contributed by atoms with Crippen molar-refractivity contribution in [3.63, 3.8) is 0 Å². The largest absolute Gasteiger partial charge is 0.497 e. The molecule has 226 valence electrons. The number of fused-ring (bicyclic) bond motifs is 4. The van der Waals surface area contributed by atoms with Crippen LogP contribution < -0.4 is 24.8 Å². The van der Waals surface area contributed by atoms with E-state index in [1.54, 1.807) is 25.3 Å². The molecule has 3 heterocycles. The number of para-hydroxylation sites is 1. The van der Waals surface area contributed by atoms with Crippen LogP contribution in [0.25, 0.3) is 0 Å². The summed E-state index contributed by atoms with van der Waals surface area (Å²) in [6, 6.07) is 19.4. The molecule has 12 heteroatoms. The van der Waals surface area contributed by atoms with Crippen molar-refractivity contribution in [3.05, 3.63) is 77.9 Å². The number of benzene rings is 3. The standard InChI is InChI=1S/C32H31N5O6S/c1-3-27(30(39)34-20-10-14-25-26(16-20)43-18-42-25)44-32-36-23-7-5-4-6-22(23)29-35-24(31(40)37(29)32)13-15-28(38)33-17-19-8-11-21(41-2)12-9-19/h4-12,14,16,24,27H,3,13,15,17-18H2,1-2H3,(H,33,38)(H,34,39)/t24-,27-/m1/s1. The number of carbonyl (C=O) groups excluding carboxylic acids is 3. The lowest BCUT2D eigenvalue weighted by molar-refractivity contribution is -0.125. The van der Waals surface area contributed by atoms with Crippen LogP contribution >= 0.6 is 11.8 Å². The maximum Gasteiger partial charge on any atom is 0.259 e. The number of carbonyl (C=O) groups is 3. The molecular weight excluding hydrogens is 582 g/mol. The van der Waals surface area contributed by atoms with Gasteiger partial charge in [-0.05, 0) is 54.8 Å². The average molecular weight is 614 g/mol. The second-order valence-electron chi connectivity index (χ2n) is 10.3. The zero-order valence-electron chi connectivity index (χ0n) is 24.2. The van der Waals surface area contributed by atoms with Crippen LogP contribution in [0, 0.1) is 0 Å². The van der Waals surface area contributed by atoms with Gasteiger partial charge in [0.25, 0.3) is 5.91 Å². The molecule has 3 amide bonds. The molecule has 0 bridgehead atoms. The topological polar surface area (TPSA) is 131 Å². The number of aliphatic imine (C=N–C) groups is 2. The minimum atomic E-state index is -0.740. The van der Waals surface area contributed by atoms with E-state index in [4.69, 9.17) is 24.2 Å². The Bertz CT molecular complexity index is 1660. The predicted octanol–water partition coefficient (Wildman–Crippen LogP) is 4.63. The maximum atomic E-state index is 13.7. The first-order valence-electron chi connectivity index (χ1n) is 14.3. The first-order chi connectivity index (χ1) is 21.4. The number of thioether (sulfide) groups is 1. The van der Waals surface area contributed by atoms with Gasteiger partial charge in [0.2, 0.25) is 18.6 Å². The number of ether oxygens (including phenoxy) is 3. The van der Waals surface area contributed by atoms with E-state index in [-0.39, 0.29) is 37.4 Å². The molecule has 0 fully saturated rings. The van der Waals surface area contributed by atoms with Gasteiger partial charge in [-0.15, -0.1) is 0 Å². The highest BCUT2D eigenvalue weighted by Crippen LogP contribution is 2.37.